The number of carbonyl (C=O) groups excluding carboxylic acids is 1. The molecule has 3 N–H and O–H groups in total. The Morgan fingerprint density at radius 3 is 2.66 bits per heavy atom. The summed E-state index contributed by atoms with van der Waals surface area (Å²) in [4.78, 5) is 25.5. The van der Waals surface area contributed by atoms with Crippen molar-refractivity contribution in [2.75, 3.05) is 5.73 Å². The Hall–Kier alpha value is -3.91. The Labute approximate surface area is 203 Å². The molecule has 35 heavy (non-hydrogen) atoms. The number of anilines is 1. The molecule has 8 nitrogen and oxygen atoms in total. The predicted molar refractivity (Wildman–Crippen MR) is 134 cm³/mol. The van der Waals surface area contributed by atoms with Crippen molar-refractivity contribution >= 4 is 23.5 Å². The zero-order valence-corrected chi connectivity index (χ0v) is 19.3. The fourth-order valence-electron chi connectivity index (χ4n) is 4.50. The van der Waals surface area contributed by atoms with E-state index in [1.54, 1.807) is 6.20 Å². The lowest BCUT2D eigenvalue weighted by Gasteiger charge is -2.11. The average Bonchev–Trinajstić information content (AvgIpc) is 3.32. The maximum Gasteiger partial charge on any atom is 0.276 e. The molecular weight excluding hydrogens is 440 g/mol. The van der Waals surface area contributed by atoms with Crippen LogP contribution in [0.4, 0.5) is 5.82 Å². The molecule has 3 aliphatic rings. The van der Waals surface area contributed by atoms with E-state index in [0.29, 0.717) is 34.5 Å². The minimum atomic E-state index is -0.191. The Morgan fingerprint density at radius 2 is 1.89 bits per heavy atom. The number of aliphatic imine (C=N–C) groups is 1. The molecule has 8 heteroatoms. The zero-order valence-electron chi connectivity index (χ0n) is 19.3. The number of dihydropyridines is 1. The van der Waals surface area contributed by atoms with Gasteiger partial charge >= 0.3 is 0 Å². The summed E-state index contributed by atoms with van der Waals surface area (Å²) in [6.45, 7) is 0.872. The summed E-state index contributed by atoms with van der Waals surface area (Å²) in [5, 5.41) is 7.75. The van der Waals surface area contributed by atoms with E-state index >= 15 is 0 Å². The smallest absolute Gasteiger partial charge is 0.276 e. The van der Waals surface area contributed by atoms with Crippen LogP contribution in [0.25, 0.3) is 28.3 Å². The standard InChI is InChI=1S/C27H26N6O2/c28-26-25(24-12-22(33-35-24)18-7-5-16(6-8-18)13-29-20-9-10-20)32-23(15-30-26)19-11-21(27(34)31-14-19)17-3-1-2-4-17/h5-8,11-12,14-15,20,29H,1-4,9-10,13H2,(H2,28,30). The predicted octanol–water partition coefficient (Wildman–Crippen LogP) is 4.50. The summed E-state index contributed by atoms with van der Waals surface area (Å²) < 4.78 is 5.60. The van der Waals surface area contributed by atoms with Gasteiger partial charge in [-0.1, -0.05) is 35.0 Å². The highest BCUT2D eigenvalue weighted by atomic mass is 16.5. The van der Waals surface area contributed by atoms with Crippen molar-refractivity contribution in [3.63, 3.8) is 0 Å². The van der Waals surface area contributed by atoms with Crippen LogP contribution >= 0.6 is 0 Å². The highest BCUT2D eigenvalue weighted by molar-refractivity contribution is 6.20. The number of nitrogens with zero attached hydrogens (tertiary/aromatic N) is 4. The van der Waals surface area contributed by atoms with E-state index in [2.05, 4.69) is 32.6 Å². The highest BCUT2D eigenvalue weighted by Crippen LogP contribution is 2.32. The molecule has 2 fully saturated rings. The number of allylic oxidation sites excluding steroid dienone is 2. The molecule has 1 aromatic carbocycles. The summed E-state index contributed by atoms with van der Waals surface area (Å²) in [7, 11) is 0. The first-order valence-corrected chi connectivity index (χ1v) is 12.1. The van der Waals surface area contributed by atoms with Crippen LogP contribution in [0.3, 0.4) is 0 Å². The van der Waals surface area contributed by atoms with Crippen molar-refractivity contribution in [2.45, 2.75) is 51.1 Å². The van der Waals surface area contributed by atoms with Gasteiger partial charge in [0.15, 0.2) is 17.3 Å². The molecule has 0 saturated heterocycles. The van der Waals surface area contributed by atoms with Gasteiger partial charge in [0.25, 0.3) is 5.91 Å². The molecule has 3 heterocycles. The lowest BCUT2D eigenvalue weighted by molar-refractivity contribution is -0.114. The quantitative estimate of drug-likeness (QED) is 0.513. The number of carbonyl (C=O) groups is 1. The van der Waals surface area contributed by atoms with E-state index in [9.17, 15) is 4.79 Å². The van der Waals surface area contributed by atoms with E-state index < -0.39 is 0 Å². The minimum absolute atomic E-state index is 0.191. The number of hydrogen-bond donors (Lipinski definition) is 2. The molecule has 1 aliphatic heterocycles. The van der Waals surface area contributed by atoms with Gasteiger partial charge in [0, 0.05) is 41.6 Å². The number of hydrogen-bond acceptors (Lipinski definition) is 7. The van der Waals surface area contributed by atoms with Gasteiger partial charge in [-0.25, -0.2) is 15.0 Å². The molecule has 2 saturated carbocycles. The molecule has 176 valence electrons. The van der Waals surface area contributed by atoms with Crippen LogP contribution in [-0.4, -0.2) is 33.3 Å². The number of nitrogen functional groups attached to an aromatic ring is 1. The normalized spacial score (nSPS) is 17.8. The fraction of sp³-hybridized carbons (Fsp3) is 0.296. The van der Waals surface area contributed by atoms with E-state index in [1.807, 2.05) is 24.3 Å². The van der Waals surface area contributed by atoms with Gasteiger partial charge in [-0.05, 0) is 50.2 Å². The van der Waals surface area contributed by atoms with Crippen LogP contribution in [0.1, 0.15) is 49.8 Å². The molecule has 0 bridgehead atoms. The second-order valence-electron chi connectivity index (χ2n) is 9.30. The second kappa shape index (κ2) is 9.03. The van der Waals surface area contributed by atoms with Crippen LogP contribution in [0.5, 0.6) is 0 Å². The van der Waals surface area contributed by atoms with Crippen molar-refractivity contribution in [3.8, 4) is 22.7 Å². The Bertz CT molecular complexity index is 1370. The van der Waals surface area contributed by atoms with Crippen molar-refractivity contribution in [1.29, 1.82) is 0 Å². The van der Waals surface area contributed by atoms with Crippen LogP contribution in [-0.2, 0) is 11.3 Å². The average molecular weight is 467 g/mol. The van der Waals surface area contributed by atoms with Gasteiger partial charge in [-0.2, -0.15) is 0 Å². The lowest BCUT2D eigenvalue weighted by atomic mass is 10.00. The first kappa shape index (κ1) is 21.6. The van der Waals surface area contributed by atoms with E-state index in [4.69, 9.17) is 15.2 Å². The third-order valence-electron chi connectivity index (χ3n) is 6.70. The number of amides is 1. The Kier molecular flexibility index (Phi) is 5.58. The van der Waals surface area contributed by atoms with Crippen LogP contribution in [0.2, 0.25) is 0 Å². The van der Waals surface area contributed by atoms with Crippen molar-refractivity contribution in [1.82, 2.24) is 20.4 Å². The molecule has 0 unspecified atom stereocenters. The van der Waals surface area contributed by atoms with Crippen LogP contribution < -0.4 is 11.1 Å². The van der Waals surface area contributed by atoms with Crippen LogP contribution in [0, 0.1) is 0 Å². The molecule has 2 aromatic heterocycles. The number of rotatable bonds is 6. The number of nitrogens with one attached hydrogen (secondary N) is 1. The topological polar surface area (TPSA) is 119 Å². The van der Waals surface area contributed by atoms with Crippen LogP contribution in [0.15, 0.2) is 63.3 Å². The van der Waals surface area contributed by atoms with Gasteiger partial charge in [0.1, 0.15) is 5.69 Å². The van der Waals surface area contributed by atoms with Crippen molar-refractivity contribution in [2.24, 2.45) is 4.99 Å². The van der Waals surface area contributed by atoms with Crippen molar-refractivity contribution in [3.05, 3.63) is 65.0 Å². The number of nitrogens with two attached hydrogens (primary N) is 1. The van der Waals surface area contributed by atoms with E-state index in [-0.39, 0.29) is 11.7 Å². The maximum atomic E-state index is 12.3. The van der Waals surface area contributed by atoms with Gasteiger partial charge in [0.05, 0.1) is 11.9 Å². The summed E-state index contributed by atoms with van der Waals surface area (Å²) >= 11 is 0. The van der Waals surface area contributed by atoms with E-state index in [0.717, 1.165) is 43.4 Å². The molecule has 0 spiro atoms. The number of benzene rings is 1. The lowest BCUT2D eigenvalue weighted by Crippen LogP contribution is -2.14. The summed E-state index contributed by atoms with van der Waals surface area (Å²) in [6.07, 6.45) is 11.6. The van der Waals surface area contributed by atoms with Gasteiger partial charge in [0.2, 0.25) is 0 Å². The third-order valence-corrected chi connectivity index (χ3v) is 6.70. The third kappa shape index (κ3) is 4.57. The molecule has 2 aliphatic carbocycles. The maximum absolute atomic E-state index is 12.3. The van der Waals surface area contributed by atoms with Gasteiger partial charge < -0.3 is 15.6 Å². The van der Waals surface area contributed by atoms with Gasteiger partial charge in [-0.15, -0.1) is 0 Å². The molecule has 0 radical (unpaired) electrons. The van der Waals surface area contributed by atoms with Gasteiger partial charge in [-0.3, -0.25) is 4.79 Å². The molecule has 6 rings (SSSR count). The zero-order chi connectivity index (χ0) is 23.8. The first-order valence-electron chi connectivity index (χ1n) is 12.1. The Balaban J connectivity index is 1.26. The van der Waals surface area contributed by atoms with E-state index in [1.165, 1.54) is 30.2 Å². The van der Waals surface area contributed by atoms with Crippen molar-refractivity contribution < 1.29 is 9.32 Å². The Morgan fingerprint density at radius 1 is 1.09 bits per heavy atom. The SMILES string of the molecule is Nc1ncc(C2=CC(=C3CCCC3)C(=O)N=C2)nc1-c1cc(-c2ccc(CNC3CC3)cc2)no1. The summed E-state index contributed by atoms with van der Waals surface area (Å²) in [6, 6.07) is 10.8. The molecular formula is C27H26N6O2. The minimum Gasteiger partial charge on any atom is -0.382 e. The summed E-state index contributed by atoms with van der Waals surface area (Å²) in [5.41, 5.74) is 12.6. The molecule has 0 atom stereocenters. The fourth-order valence-corrected chi connectivity index (χ4v) is 4.50. The second-order valence-corrected chi connectivity index (χ2v) is 9.30. The molecule has 1 amide bonds. The highest BCUT2D eigenvalue weighted by Gasteiger charge is 2.22. The summed E-state index contributed by atoms with van der Waals surface area (Å²) in [5.74, 6) is 0.491. The largest absolute Gasteiger partial charge is 0.382 e. The monoisotopic (exact) mass is 466 g/mol. The molecule has 3 aromatic rings. The first-order chi connectivity index (χ1) is 17.1. The number of aromatic nitrogens is 3.